The third kappa shape index (κ3) is 6.72. The Hall–Kier alpha value is -4.66. The van der Waals surface area contributed by atoms with Gasteiger partial charge in [0.1, 0.15) is 12.1 Å². The Morgan fingerprint density at radius 3 is 2.47 bits per heavy atom. The highest BCUT2D eigenvalue weighted by atomic mass is 35.5. The number of hydrogen-bond donors (Lipinski definition) is 4. The van der Waals surface area contributed by atoms with Gasteiger partial charge in [0, 0.05) is 58.2 Å². The third-order valence-corrected chi connectivity index (χ3v) is 7.83. The lowest BCUT2D eigenvalue weighted by atomic mass is 9.98. The van der Waals surface area contributed by atoms with E-state index in [0.717, 1.165) is 17.1 Å². The van der Waals surface area contributed by atoms with Crippen LogP contribution in [0.2, 0.25) is 5.02 Å². The molecule has 1 aromatic carbocycles. The molecule has 4 heterocycles. The first kappa shape index (κ1) is 31.8. The monoisotopic (exact) mass is 648 g/mol. The number of nitriles is 1. The summed E-state index contributed by atoms with van der Waals surface area (Å²) in [7, 11) is 1.37. The topological polar surface area (TPSA) is 173 Å². The van der Waals surface area contributed by atoms with Crippen molar-refractivity contribution in [2.45, 2.75) is 18.3 Å². The van der Waals surface area contributed by atoms with Gasteiger partial charge in [0.2, 0.25) is 0 Å². The highest BCUT2D eigenvalue weighted by molar-refractivity contribution is 6.34. The van der Waals surface area contributed by atoms with Crippen molar-refractivity contribution in [2.24, 2.45) is 7.05 Å². The number of amides is 4. The molecule has 0 bridgehead atoms. The molecule has 0 aliphatic carbocycles. The summed E-state index contributed by atoms with van der Waals surface area (Å²) in [4.78, 5) is 45.7. The molecule has 0 atom stereocenters. The average Bonchev–Trinajstić information content (AvgIpc) is 3.58. The number of anilines is 1. The average molecular weight is 649 g/mol. The number of carbonyl (C=O) groups excluding carboxylic acids is 3. The van der Waals surface area contributed by atoms with E-state index in [1.807, 2.05) is 0 Å². The van der Waals surface area contributed by atoms with Crippen LogP contribution in [0.3, 0.4) is 0 Å². The van der Waals surface area contributed by atoms with E-state index < -0.39 is 29.9 Å². The number of rotatable bonds is 7. The zero-order chi connectivity index (χ0) is 32.5. The number of benzene rings is 1. The van der Waals surface area contributed by atoms with Gasteiger partial charge in [-0.25, -0.2) is 9.78 Å². The molecular formula is C27H28ClF3N10O4. The molecule has 4 amide bonds. The minimum absolute atomic E-state index is 0.0406. The van der Waals surface area contributed by atoms with Crippen molar-refractivity contribution in [3.63, 3.8) is 0 Å². The summed E-state index contributed by atoms with van der Waals surface area (Å²) >= 11 is 6.40. The molecule has 2 saturated heterocycles. The number of alkyl halides is 3. The van der Waals surface area contributed by atoms with Gasteiger partial charge < -0.3 is 35.4 Å². The molecule has 2 aliphatic rings. The van der Waals surface area contributed by atoms with Gasteiger partial charge in [-0.05, 0) is 18.2 Å². The molecule has 2 aliphatic heterocycles. The lowest BCUT2D eigenvalue weighted by molar-refractivity contribution is -0.141. The van der Waals surface area contributed by atoms with Crippen LogP contribution in [0.15, 0.2) is 30.6 Å². The minimum atomic E-state index is -4.81. The normalized spacial score (nSPS) is 16.1. The molecule has 238 valence electrons. The molecule has 0 unspecified atom stereocenters. The van der Waals surface area contributed by atoms with Crippen LogP contribution in [-0.2, 0) is 19.8 Å². The predicted octanol–water partition coefficient (Wildman–Crippen LogP) is 1.53. The van der Waals surface area contributed by atoms with Crippen molar-refractivity contribution in [2.75, 3.05) is 51.1 Å². The maximum atomic E-state index is 13.6. The van der Waals surface area contributed by atoms with E-state index in [1.54, 1.807) is 15.9 Å². The van der Waals surface area contributed by atoms with Crippen LogP contribution in [0, 0.1) is 11.3 Å². The lowest BCUT2D eigenvalue weighted by Gasteiger charge is -2.39. The molecule has 5 rings (SSSR count). The standard InChI is InChI=1S/C27H28ClF3N10O4/c1-38-20(18-12-41(5-4-32)37-21(18)27(29,30)31)11-34-22(38)23(42)36-16-2-3-17(19(28)10-16)24(43)39-6-8-40(9-7-39)25(44)35-15-26(45)13-33-14-26/h2-3,10-12,33,45H,5-9,13-15H2,1H3,(H,35,44)(H,36,42). The zero-order valence-electron chi connectivity index (χ0n) is 23.9. The molecule has 45 heavy (non-hydrogen) atoms. The molecule has 0 saturated carbocycles. The Bertz CT molecular complexity index is 1670. The van der Waals surface area contributed by atoms with Gasteiger partial charge in [0.15, 0.2) is 11.5 Å². The summed E-state index contributed by atoms with van der Waals surface area (Å²) in [6.07, 6.45) is -2.64. The molecule has 2 fully saturated rings. The number of β-amino-alcohol motifs (C(OH)–C–C–N with tert-alkyl or cyclic N) is 1. The molecule has 3 aromatic rings. The first-order valence-electron chi connectivity index (χ1n) is 13.7. The molecule has 4 N–H and O–H groups in total. The smallest absolute Gasteiger partial charge is 0.385 e. The van der Waals surface area contributed by atoms with Crippen LogP contribution in [0.4, 0.5) is 23.7 Å². The molecule has 0 radical (unpaired) electrons. The number of nitrogens with one attached hydrogen (secondary N) is 3. The Balaban J connectivity index is 1.21. The third-order valence-electron chi connectivity index (χ3n) is 7.52. The van der Waals surface area contributed by atoms with Gasteiger partial charge in [0.25, 0.3) is 11.8 Å². The van der Waals surface area contributed by atoms with Crippen LogP contribution in [-0.4, -0.2) is 103 Å². The van der Waals surface area contributed by atoms with Gasteiger partial charge in [-0.15, -0.1) is 0 Å². The number of nitrogens with zero attached hydrogens (tertiary/aromatic N) is 7. The predicted molar refractivity (Wildman–Crippen MR) is 153 cm³/mol. The van der Waals surface area contributed by atoms with Gasteiger partial charge in [-0.2, -0.15) is 23.5 Å². The molecular weight excluding hydrogens is 621 g/mol. The van der Waals surface area contributed by atoms with E-state index in [1.165, 1.54) is 29.8 Å². The Labute approximate surface area is 259 Å². The SMILES string of the molecule is Cn1c(-c2cn(CC#N)nc2C(F)(F)F)cnc1C(=O)Nc1ccc(C(=O)N2CCN(C(=O)NCC3(O)CNC3)CC2)c(Cl)c1. The van der Waals surface area contributed by atoms with E-state index in [4.69, 9.17) is 16.9 Å². The van der Waals surface area contributed by atoms with Crippen LogP contribution >= 0.6 is 11.6 Å². The zero-order valence-corrected chi connectivity index (χ0v) is 24.6. The Morgan fingerprint density at radius 1 is 1.18 bits per heavy atom. The summed E-state index contributed by atoms with van der Waals surface area (Å²) in [6, 6.07) is 5.67. The van der Waals surface area contributed by atoms with E-state index in [-0.39, 0.29) is 78.0 Å². The van der Waals surface area contributed by atoms with Gasteiger partial charge in [-0.3, -0.25) is 14.3 Å². The number of imidazole rings is 1. The minimum Gasteiger partial charge on any atom is -0.385 e. The lowest BCUT2D eigenvalue weighted by Crippen LogP contribution is -2.65. The van der Waals surface area contributed by atoms with Crippen LogP contribution in [0.25, 0.3) is 11.3 Å². The largest absolute Gasteiger partial charge is 0.435 e. The number of urea groups is 1. The van der Waals surface area contributed by atoms with E-state index in [9.17, 15) is 32.7 Å². The van der Waals surface area contributed by atoms with Gasteiger partial charge >= 0.3 is 12.2 Å². The number of hydrogen-bond acceptors (Lipinski definition) is 8. The van der Waals surface area contributed by atoms with Crippen molar-refractivity contribution >= 4 is 35.1 Å². The summed E-state index contributed by atoms with van der Waals surface area (Å²) in [6.45, 7) is 1.65. The van der Waals surface area contributed by atoms with Gasteiger partial charge in [0.05, 0.1) is 40.7 Å². The van der Waals surface area contributed by atoms with Crippen molar-refractivity contribution < 1.29 is 32.7 Å². The second kappa shape index (κ2) is 12.4. The quantitative estimate of drug-likeness (QED) is 0.299. The van der Waals surface area contributed by atoms with Crippen molar-refractivity contribution in [3.8, 4) is 17.3 Å². The summed E-state index contributed by atoms with van der Waals surface area (Å²) in [5, 5.41) is 30.7. The molecule has 0 spiro atoms. The van der Waals surface area contributed by atoms with Crippen molar-refractivity contribution in [1.82, 2.24) is 39.8 Å². The number of carbonyl (C=O) groups is 3. The second-order valence-corrected chi connectivity index (χ2v) is 11.1. The summed E-state index contributed by atoms with van der Waals surface area (Å²) < 4.78 is 42.9. The van der Waals surface area contributed by atoms with E-state index in [0.29, 0.717) is 13.1 Å². The Morgan fingerprint density at radius 2 is 1.87 bits per heavy atom. The van der Waals surface area contributed by atoms with Gasteiger partial charge in [-0.1, -0.05) is 11.6 Å². The Kier molecular flexibility index (Phi) is 8.74. The number of halogens is 4. The maximum Gasteiger partial charge on any atom is 0.435 e. The second-order valence-electron chi connectivity index (χ2n) is 10.7. The molecule has 18 heteroatoms. The highest BCUT2D eigenvalue weighted by Crippen LogP contribution is 2.36. The fraction of sp³-hybridized carbons (Fsp3) is 0.407. The van der Waals surface area contributed by atoms with Crippen LogP contribution in [0.1, 0.15) is 26.7 Å². The van der Waals surface area contributed by atoms with E-state index >= 15 is 0 Å². The van der Waals surface area contributed by atoms with Crippen molar-refractivity contribution in [1.29, 1.82) is 5.26 Å². The number of aliphatic hydroxyl groups is 1. The molecule has 2 aromatic heterocycles. The summed E-state index contributed by atoms with van der Waals surface area (Å²) in [5.74, 6) is -1.31. The van der Waals surface area contributed by atoms with Crippen LogP contribution < -0.4 is 16.0 Å². The summed E-state index contributed by atoms with van der Waals surface area (Å²) in [5.41, 5.74) is -2.15. The maximum absolute atomic E-state index is 13.6. The fourth-order valence-corrected chi connectivity index (χ4v) is 5.23. The number of aromatic nitrogens is 4. The highest BCUT2D eigenvalue weighted by Gasteiger charge is 2.39. The first-order chi connectivity index (χ1) is 21.3. The fourth-order valence-electron chi connectivity index (χ4n) is 4.97. The van der Waals surface area contributed by atoms with Crippen molar-refractivity contribution in [3.05, 3.63) is 52.7 Å². The number of piperazine rings is 1. The molecule has 14 nitrogen and oxygen atoms in total. The van der Waals surface area contributed by atoms with Crippen LogP contribution in [0.5, 0.6) is 0 Å². The first-order valence-corrected chi connectivity index (χ1v) is 14.1. The van der Waals surface area contributed by atoms with E-state index in [2.05, 4.69) is 26.0 Å².